The van der Waals surface area contributed by atoms with Gasteiger partial charge < -0.3 is 0 Å². The van der Waals surface area contributed by atoms with Crippen LogP contribution in [-0.4, -0.2) is 11.7 Å². The molecule has 0 atom stereocenters. The van der Waals surface area contributed by atoms with Crippen LogP contribution in [0.2, 0.25) is 0 Å². The van der Waals surface area contributed by atoms with Crippen LogP contribution in [0.4, 0.5) is 17.3 Å². The average Bonchev–Trinajstić information content (AvgIpc) is 2.63. The van der Waals surface area contributed by atoms with Gasteiger partial charge in [-0.2, -0.15) is 0 Å². The Labute approximate surface area is 142 Å². The van der Waals surface area contributed by atoms with Crippen molar-refractivity contribution in [2.45, 2.75) is 13.8 Å². The quantitative estimate of drug-likeness (QED) is 0.423. The zero-order valence-electron chi connectivity index (χ0n) is 13.9. The van der Waals surface area contributed by atoms with Gasteiger partial charge in [0.25, 0.3) is 0 Å². The maximum Gasteiger partial charge on any atom is 0.176 e. The first kappa shape index (κ1) is 17.2. The molecule has 0 N–H and O–H groups in total. The molecule has 0 amide bonds. The third-order valence-electron chi connectivity index (χ3n) is 3.12. The topological polar surface area (TPSA) is 50.0 Å². The van der Waals surface area contributed by atoms with E-state index in [1.54, 1.807) is 12.1 Å². The van der Waals surface area contributed by atoms with E-state index in [2.05, 4.69) is 46.0 Å². The van der Waals surface area contributed by atoms with Crippen LogP contribution in [-0.2, 0) is 0 Å². The van der Waals surface area contributed by atoms with E-state index < -0.39 is 0 Å². The SMILES string of the molecule is C=Nc1cccc(N=Nc2ccc(C)cc2)n1.Cc1ccccc1. The van der Waals surface area contributed by atoms with E-state index in [-0.39, 0.29) is 0 Å². The van der Waals surface area contributed by atoms with Crippen LogP contribution in [0.25, 0.3) is 0 Å². The standard InChI is InChI=1S/C13H12N4.C7H8/c1-10-6-8-11(9-7-10)16-17-13-5-3-4-12(14-2)15-13;1-7-5-3-2-4-6-7/h3-9H,2H2,1H3;2-6H,1H3. The van der Waals surface area contributed by atoms with Crippen molar-refractivity contribution in [2.24, 2.45) is 15.2 Å². The Morgan fingerprint density at radius 2 is 1.29 bits per heavy atom. The number of pyridine rings is 1. The van der Waals surface area contributed by atoms with Crippen molar-refractivity contribution in [2.75, 3.05) is 0 Å². The normalized spacial score (nSPS) is 10.1. The van der Waals surface area contributed by atoms with Crippen molar-refractivity contribution in [3.05, 3.63) is 83.9 Å². The molecule has 0 aliphatic rings. The zero-order valence-corrected chi connectivity index (χ0v) is 13.9. The molecule has 1 aromatic heterocycles. The van der Waals surface area contributed by atoms with Crippen molar-refractivity contribution in [1.29, 1.82) is 0 Å². The summed E-state index contributed by atoms with van der Waals surface area (Å²) < 4.78 is 0. The highest BCUT2D eigenvalue weighted by Gasteiger charge is 1.94. The predicted molar refractivity (Wildman–Crippen MR) is 100.0 cm³/mol. The summed E-state index contributed by atoms with van der Waals surface area (Å²) >= 11 is 0. The molecule has 0 fully saturated rings. The highest BCUT2D eigenvalue weighted by atomic mass is 15.2. The summed E-state index contributed by atoms with van der Waals surface area (Å²) in [4.78, 5) is 7.87. The zero-order chi connectivity index (χ0) is 17.2. The fourth-order valence-electron chi connectivity index (χ4n) is 1.81. The molecule has 120 valence electrons. The molecule has 4 nitrogen and oxygen atoms in total. The summed E-state index contributed by atoms with van der Waals surface area (Å²) in [5.41, 5.74) is 3.32. The van der Waals surface area contributed by atoms with Crippen molar-refractivity contribution < 1.29 is 0 Å². The number of azo groups is 1. The van der Waals surface area contributed by atoms with Gasteiger partial charge in [-0.05, 0) is 44.8 Å². The second-order valence-electron chi connectivity index (χ2n) is 5.20. The molecule has 4 heteroatoms. The van der Waals surface area contributed by atoms with Crippen LogP contribution >= 0.6 is 0 Å². The number of aryl methyl sites for hydroxylation is 2. The minimum Gasteiger partial charge on any atom is -0.245 e. The van der Waals surface area contributed by atoms with Gasteiger partial charge in [-0.1, -0.05) is 59.7 Å². The lowest BCUT2D eigenvalue weighted by atomic mass is 10.2. The van der Waals surface area contributed by atoms with E-state index in [1.165, 1.54) is 11.1 Å². The van der Waals surface area contributed by atoms with Crippen LogP contribution in [0.1, 0.15) is 11.1 Å². The monoisotopic (exact) mass is 316 g/mol. The molecule has 24 heavy (non-hydrogen) atoms. The van der Waals surface area contributed by atoms with Gasteiger partial charge in [0.1, 0.15) is 0 Å². The summed E-state index contributed by atoms with van der Waals surface area (Å²) in [6, 6.07) is 23.4. The van der Waals surface area contributed by atoms with Gasteiger partial charge in [0.2, 0.25) is 0 Å². The molecule has 0 saturated heterocycles. The van der Waals surface area contributed by atoms with Gasteiger partial charge >= 0.3 is 0 Å². The lowest BCUT2D eigenvalue weighted by molar-refractivity contribution is 1.15. The molecule has 0 aliphatic heterocycles. The lowest BCUT2D eigenvalue weighted by Gasteiger charge is -1.95. The molecule has 1 heterocycles. The highest BCUT2D eigenvalue weighted by Crippen LogP contribution is 2.18. The van der Waals surface area contributed by atoms with Crippen molar-refractivity contribution in [3.8, 4) is 0 Å². The Bertz CT molecular complexity index is 793. The van der Waals surface area contributed by atoms with Gasteiger partial charge in [-0.15, -0.1) is 10.2 Å². The summed E-state index contributed by atoms with van der Waals surface area (Å²) in [6.45, 7) is 7.53. The molecule has 3 rings (SSSR count). The molecule has 2 aromatic carbocycles. The Balaban J connectivity index is 0.000000249. The van der Waals surface area contributed by atoms with Crippen LogP contribution < -0.4 is 0 Å². The second-order valence-corrected chi connectivity index (χ2v) is 5.20. The van der Waals surface area contributed by atoms with E-state index in [1.807, 2.05) is 55.5 Å². The smallest absolute Gasteiger partial charge is 0.176 e. The van der Waals surface area contributed by atoms with Crippen molar-refractivity contribution in [1.82, 2.24) is 4.98 Å². The van der Waals surface area contributed by atoms with E-state index in [9.17, 15) is 0 Å². The van der Waals surface area contributed by atoms with E-state index in [0.717, 1.165) is 5.69 Å². The van der Waals surface area contributed by atoms with Gasteiger partial charge in [0, 0.05) is 0 Å². The first-order chi connectivity index (χ1) is 11.7. The number of hydrogen-bond acceptors (Lipinski definition) is 4. The molecule has 0 unspecified atom stereocenters. The fourth-order valence-corrected chi connectivity index (χ4v) is 1.81. The van der Waals surface area contributed by atoms with Gasteiger partial charge in [0.05, 0.1) is 5.69 Å². The van der Waals surface area contributed by atoms with Gasteiger partial charge in [0.15, 0.2) is 11.6 Å². The van der Waals surface area contributed by atoms with E-state index in [4.69, 9.17) is 0 Å². The third-order valence-corrected chi connectivity index (χ3v) is 3.12. The molecule has 3 aromatic rings. The molecule has 0 spiro atoms. The maximum atomic E-state index is 4.13. The van der Waals surface area contributed by atoms with Crippen LogP contribution in [0.3, 0.4) is 0 Å². The number of nitrogens with zero attached hydrogens (tertiary/aromatic N) is 4. The summed E-state index contributed by atoms with van der Waals surface area (Å²) in [5.74, 6) is 1.07. The number of aliphatic imine (C=N–C) groups is 1. The Morgan fingerprint density at radius 3 is 1.88 bits per heavy atom. The Kier molecular flexibility index (Phi) is 6.53. The molecule has 0 bridgehead atoms. The maximum absolute atomic E-state index is 4.13. The summed E-state index contributed by atoms with van der Waals surface area (Å²) in [6.07, 6.45) is 0. The predicted octanol–water partition coefficient (Wildman–Crippen LogP) is 6.13. The Morgan fingerprint density at radius 1 is 0.667 bits per heavy atom. The molecular weight excluding hydrogens is 296 g/mol. The molecule has 0 saturated carbocycles. The van der Waals surface area contributed by atoms with Crippen LogP contribution in [0, 0.1) is 13.8 Å². The average molecular weight is 316 g/mol. The number of hydrogen-bond donors (Lipinski definition) is 0. The van der Waals surface area contributed by atoms with Crippen molar-refractivity contribution in [3.63, 3.8) is 0 Å². The fraction of sp³-hybridized carbons (Fsp3) is 0.100. The number of benzene rings is 2. The molecule has 0 aliphatic carbocycles. The van der Waals surface area contributed by atoms with Gasteiger partial charge in [-0.3, -0.25) is 0 Å². The summed E-state index contributed by atoms with van der Waals surface area (Å²) in [5, 5.41) is 8.13. The first-order valence-corrected chi connectivity index (χ1v) is 7.61. The van der Waals surface area contributed by atoms with Crippen molar-refractivity contribution >= 4 is 24.0 Å². The minimum atomic E-state index is 0.524. The second kappa shape index (κ2) is 9.10. The van der Waals surface area contributed by atoms with Crippen LogP contribution in [0.15, 0.2) is 88.0 Å². The van der Waals surface area contributed by atoms with Crippen LogP contribution in [0.5, 0.6) is 0 Å². The Hall–Kier alpha value is -3.14. The largest absolute Gasteiger partial charge is 0.245 e. The molecular formula is C20H20N4. The number of aromatic nitrogens is 1. The van der Waals surface area contributed by atoms with E-state index in [0.29, 0.717) is 11.6 Å². The van der Waals surface area contributed by atoms with E-state index >= 15 is 0 Å². The number of rotatable bonds is 3. The lowest BCUT2D eigenvalue weighted by Crippen LogP contribution is -1.73. The summed E-state index contributed by atoms with van der Waals surface area (Å²) in [7, 11) is 0. The molecule has 0 radical (unpaired) electrons. The van der Waals surface area contributed by atoms with Gasteiger partial charge in [-0.25, -0.2) is 9.98 Å². The third kappa shape index (κ3) is 5.93. The highest BCUT2D eigenvalue weighted by molar-refractivity contribution is 5.44. The minimum absolute atomic E-state index is 0.524. The first-order valence-electron chi connectivity index (χ1n) is 7.61.